The molecule has 0 bridgehead atoms. The minimum atomic E-state index is -2.26. The van der Waals surface area contributed by atoms with E-state index in [0.29, 0.717) is 6.61 Å². The van der Waals surface area contributed by atoms with Crippen LogP contribution < -0.4 is 0 Å². The Hall–Kier alpha value is -1.23. The van der Waals surface area contributed by atoms with Gasteiger partial charge in [-0.1, -0.05) is 0 Å². The van der Waals surface area contributed by atoms with Gasteiger partial charge in [0.15, 0.2) is 0 Å². The molecule has 0 saturated heterocycles. The monoisotopic (exact) mass is 547 g/mol. The number of rotatable bonds is 15. The van der Waals surface area contributed by atoms with Gasteiger partial charge in [0, 0.05) is 0 Å². The van der Waals surface area contributed by atoms with Crippen molar-refractivity contribution < 1.29 is 9.53 Å². The summed E-state index contributed by atoms with van der Waals surface area (Å²) in [6.45, 7) is 9.28. The molecule has 2 rings (SSSR count). The number of para-hydroxylation sites is 1. The molecular formula is C28H45NO2Sn. The normalized spacial score (nSPS) is 13.2. The predicted octanol–water partition coefficient (Wildman–Crippen LogP) is 8.23. The molecule has 0 aliphatic rings. The van der Waals surface area contributed by atoms with Gasteiger partial charge in [0.1, 0.15) is 0 Å². The molecule has 1 atom stereocenters. The van der Waals surface area contributed by atoms with Crippen LogP contribution >= 0.6 is 0 Å². The molecule has 0 aliphatic carbocycles. The maximum atomic E-state index is 13.0. The standard InChI is InChI=1S/C16H18NO2.3C4H9.Sn/c1-4-8-13(16(18)19-5-2)14-11-17(3)15-10-7-6-9-12(14)15;3*1-3-4-2;/h4,6-11,13H,1,5H2,2-3H3;3*1,3-4H2,2H3;/b8-4+;;;;. The first-order chi connectivity index (χ1) is 15.5. The number of hydrogen-bond acceptors (Lipinski definition) is 2. The van der Waals surface area contributed by atoms with Gasteiger partial charge >= 0.3 is 201 Å². The number of carbonyl (C=O) groups excluding carboxylic acids is 1. The Morgan fingerprint density at radius 3 is 2.16 bits per heavy atom. The van der Waals surface area contributed by atoms with Gasteiger partial charge in [-0.05, 0) is 0 Å². The molecular weight excluding hydrogens is 501 g/mol. The zero-order valence-corrected chi connectivity index (χ0v) is 24.0. The third-order valence-electron chi connectivity index (χ3n) is 6.86. The summed E-state index contributed by atoms with van der Waals surface area (Å²) in [5.74, 6) is -0.454. The minimum absolute atomic E-state index is 0.128. The van der Waals surface area contributed by atoms with E-state index in [4.69, 9.17) is 4.74 Å². The number of allylic oxidation sites excluding steroid dienone is 1. The molecule has 4 heteroatoms. The number of ether oxygens (including phenoxy) is 1. The molecule has 0 spiro atoms. The van der Waals surface area contributed by atoms with E-state index >= 15 is 0 Å². The summed E-state index contributed by atoms with van der Waals surface area (Å²) in [6.07, 6.45) is 14.7. The van der Waals surface area contributed by atoms with E-state index in [1.807, 2.05) is 6.92 Å². The second-order valence-electron chi connectivity index (χ2n) is 9.39. The van der Waals surface area contributed by atoms with Gasteiger partial charge in [0.05, 0.1) is 0 Å². The summed E-state index contributed by atoms with van der Waals surface area (Å²) < 4.78 is 13.4. The molecule has 1 unspecified atom stereocenters. The molecule has 0 aliphatic heterocycles. The Labute approximate surface area is 200 Å². The Morgan fingerprint density at radius 1 is 1.00 bits per heavy atom. The number of fused-ring (bicyclic) bond motifs is 1. The van der Waals surface area contributed by atoms with Gasteiger partial charge in [0.2, 0.25) is 0 Å². The molecule has 0 radical (unpaired) electrons. The van der Waals surface area contributed by atoms with Crippen LogP contribution in [-0.4, -0.2) is 35.5 Å². The third-order valence-corrected chi connectivity index (χ3v) is 22.1. The van der Waals surface area contributed by atoms with Crippen LogP contribution in [0.3, 0.4) is 0 Å². The van der Waals surface area contributed by atoms with Crippen LogP contribution in [-0.2, 0) is 16.6 Å². The molecule has 1 aromatic heterocycles. The van der Waals surface area contributed by atoms with Crippen molar-refractivity contribution in [2.45, 2.75) is 89.9 Å². The van der Waals surface area contributed by atoms with Crippen molar-refractivity contribution in [1.29, 1.82) is 0 Å². The molecule has 0 amide bonds. The zero-order chi connectivity index (χ0) is 23.4. The Bertz CT molecular complexity index is 832. The van der Waals surface area contributed by atoms with Crippen molar-refractivity contribution in [3.63, 3.8) is 0 Å². The molecule has 1 aromatic carbocycles. The van der Waals surface area contributed by atoms with E-state index in [1.165, 1.54) is 56.3 Å². The molecule has 2 aromatic rings. The van der Waals surface area contributed by atoms with Crippen LogP contribution in [0.15, 0.2) is 42.6 Å². The van der Waals surface area contributed by atoms with Crippen LogP contribution in [0.25, 0.3) is 10.9 Å². The van der Waals surface area contributed by atoms with Crippen molar-refractivity contribution in [2.75, 3.05) is 6.61 Å². The number of nitrogens with zero attached hydrogens (tertiary/aromatic N) is 1. The van der Waals surface area contributed by atoms with Crippen LogP contribution in [0.5, 0.6) is 0 Å². The van der Waals surface area contributed by atoms with E-state index in [1.54, 1.807) is 0 Å². The fraction of sp³-hybridized carbons (Fsp3) is 0.607. The number of aryl methyl sites for hydroxylation is 1. The summed E-state index contributed by atoms with van der Waals surface area (Å²) in [5.41, 5.74) is 2.22. The van der Waals surface area contributed by atoms with Crippen molar-refractivity contribution in [3.05, 3.63) is 48.2 Å². The number of unbranched alkanes of at least 4 members (excludes halogenated alkanes) is 3. The molecule has 0 saturated carbocycles. The van der Waals surface area contributed by atoms with E-state index in [0.717, 1.165) is 16.5 Å². The zero-order valence-electron chi connectivity index (χ0n) is 21.2. The van der Waals surface area contributed by atoms with Gasteiger partial charge < -0.3 is 0 Å². The van der Waals surface area contributed by atoms with Gasteiger partial charge in [-0.15, -0.1) is 0 Å². The van der Waals surface area contributed by atoms with Crippen molar-refractivity contribution in [3.8, 4) is 0 Å². The topological polar surface area (TPSA) is 31.2 Å². The fourth-order valence-electron chi connectivity index (χ4n) is 4.95. The van der Waals surface area contributed by atoms with Gasteiger partial charge in [-0.2, -0.15) is 0 Å². The summed E-state index contributed by atoms with van der Waals surface area (Å²) in [7, 11) is 2.06. The van der Waals surface area contributed by atoms with Crippen LogP contribution in [0.1, 0.15) is 77.7 Å². The SMILES string of the molecule is CCC[CH2][Sn]([CH2]/C=C/C(C(=O)OCC)c1cn(C)c2ccccc12)([CH2]CCC)[CH2]CCC. The van der Waals surface area contributed by atoms with Gasteiger partial charge in [-0.3, -0.25) is 0 Å². The average Bonchev–Trinajstić information content (AvgIpc) is 3.14. The number of aromatic nitrogens is 1. The second-order valence-corrected chi connectivity index (χ2v) is 23.4. The molecule has 32 heavy (non-hydrogen) atoms. The van der Waals surface area contributed by atoms with Crippen molar-refractivity contribution >= 4 is 35.2 Å². The summed E-state index contributed by atoms with van der Waals surface area (Å²) in [5, 5.41) is 1.15. The second kappa shape index (κ2) is 14.1. The third kappa shape index (κ3) is 7.40. The van der Waals surface area contributed by atoms with E-state index in [9.17, 15) is 4.79 Å². The van der Waals surface area contributed by atoms with Crippen LogP contribution in [0.2, 0.25) is 17.7 Å². The Kier molecular flexibility index (Phi) is 11.9. The van der Waals surface area contributed by atoms with E-state index in [2.05, 4.69) is 75.0 Å². The Morgan fingerprint density at radius 2 is 1.59 bits per heavy atom. The Balaban J connectivity index is 2.35. The van der Waals surface area contributed by atoms with E-state index < -0.39 is 18.4 Å². The number of esters is 1. The summed E-state index contributed by atoms with van der Waals surface area (Å²) in [6, 6.07) is 8.35. The van der Waals surface area contributed by atoms with Gasteiger partial charge in [-0.25, -0.2) is 0 Å². The summed E-state index contributed by atoms with van der Waals surface area (Å²) >= 11 is -2.26. The van der Waals surface area contributed by atoms with Gasteiger partial charge in [0.25, 0.3) is 0 Å². The number of benzene rings is 1. The number of carbonyl (C=O) groups is 1. The summed E-state index contributed by atoms with van der Waals surface area (Å²) in [4.78, 5) is 13.0. The molecule has 1 heterocycles. The van der Waals surface area contributed by atoms with Crippen LogP contribution in [0, 0.1) is 0 Å². The molecule has 3 nitrogen and oxygen atoms in total. The molecule has 0 N–H and O–H groups in total. The molecule has 0 fully saturated rings. The van der Waals surface area contributed by atoms with Crippen molar-refractivity contribution in [2.24, 2.45) is 7.05 Å². The van der Waals surface area contributed by atoms with Crippen LogP contribution in [0.4, 0.5) is 0 Å². The quantitative estimate of drug-likeness (QED) is 0.128. The first-order valence-corrected chi connectivity index (χ1v) is 21.0. The fourth-order valence-corrected chi connectivity index (χ4v) is 20.1. The average molecular weight is 546 g/mol. The number of hydrogen-bond donors (Lipinski definition) is 0. The first kappa shape index (κ1) is 27.0. The molecule has 178 valence electrons. The van der Waals surface area contributed by atoms with E-state index in [-0.39, 0.29) is 11.9 Å². The first-order valence-electron chi connectivity index (χ1n) is 12.9. The maximum absolute atomic E-state index is 13.0. The van der Waals surface area contributed by atoms with Crippen molar-refractivity contribution in [1.82, 2.24) is 4.57 Å². The predicted molar refractivity (Wildman–Crippen MR) is 141 cm³/mol.